The standard InChI is InChI=1S/C17H17NO6/c19-15(24-10-5-6-13-14(7-10)23-9-22-13)8-18-16(20)11-3-1-2-4-12(11)17(18)21/h5-7,11-12H,1-4,8-9H2/t11-,12+. The zero-order valence-electron chi connectivity index (χ0n) is 13.0. The third-order valence-electron chi connectivity index (χ3n) is 4.80. The Labute approximate surface area is 138 Å². The topological polar surface area (TPSA) is 82.1 Å². The van der Waals surface area contributed by atoms with Gasteiger partial charge in [0.05, 0.1) is 11.8 Å². The number of carbonyl (C=O) groups is 3. The van der Waals surface area contributed by atoms with Crippen LogP contribution in [0.3, 0.4) is 0 Å². The molecule has 1 saturated carbocycles. The van der Waals surface area contributed by atoms with Crippen LogP contribution in [0.5, 0.6) is 17.2 Å². The van der Waals surface area contributed by atoms with Crippen molar-refractivity contribution in [3.05, 3.63) is 18.2 Å². The minimum Gasteiger partial charge on any atom is -0.454 e. The molecule has 2 aliphatic heterocycles. The highest BCUT2D eigenvalue weighted by Gasteiger charge is 2.48. The molecular formula is C17H17NO6. The molecule has 0 radical (unpaired) electrons. The molecule has 1 saturated heterocycles. The summed E-state index contributed by atoms with van der Waals surface area (Å²) in [6.07, 6.45) is 3.36. The first-order valence-corrected chi connectivity index (χ1v) is 8.09. The first-order valence-electron chi connectivity index (χ1n) is 8.09. The van der Waals surface area contributed by atoms with Gasteiger partial charge in [-0.15, -0.1) is 0 Å². The number of nitrogens with zero attached hydrogens (tertiary/aromatic N) is 1. The SMILES string of the molecule is O=C(CN1C(=O)[C@H]2CCCC[C@H]2C1=O)Oc1ccc2c(c1)OCO2. The number of likely N-dealkylation sites (tertiary alicyclic amines) is 1. The lowest BCUT2D eigenvalue weighted by Crippen LogP contribution is -2.37. The van der Waals surface area contributed by atoms with Gasteiger partial charge >= 0.3 is 5.97 Å². The Morgan fingerprint density at radius 1 is 1.08 bits per heavy atom. The molecule has 1 aliphatic carbocycles. The van der Waals surface area contributed by atoms with E-state index >= 15 is 0 Å². The molecule has 4 rings (SSSR count). The maximum Gasteiger partial charge on any atom is 0.331 e. The van der Waals surface area contributed by atoms with Crippen molar-refractivity contribution in [3.8, 4) is 17.2 Å². The van der Waals surface area contributed by atoms with Crippen LogP contribution in [0.2, 0.25) is 0 Å². The van der Waals surface area contributed by atoms with Crippen molar-refractivity contribution in [3.63, 3.8) is 0 Å². The number of fused-ring (bicyclic) bond motifs is 2. The molecule has 0 aromatic heterocycles. The highest BCUT2D eigenvalue weighted by molar-refractivity contribution is 6.07. The molecule has 0 bridgehead atoms. The Morgan fingerprint density at radius 2 is 1.75 bits per heavy atom. The van der Waals surface area contributed by atoms with Gasteiger partial charge in [0, 0.05) is 6.07 Å². The van der Waals surface area contributed by atoms with Gasteiger partial charge in [0.2, 0.25) is 18.6 Å². The van der Waals surface area contributed by atoms with Gasteiger partial charge in [-0.05, 0) is 25.0 Å². The number of hydrogen-bond donors (Lipinski definition) is 0. The van der Waals surface area contributed by atoms with Crippen molar-refractivity contribution in [1.29, 1.82) is 0 Å². The van der Waals surface area contributed by atoms with Crippen molar-refractivity contribution in [1.82, 2.24) is 4.90 Å². The Hall–Kier alpha value is -2.57. The lowest BCUT2D eigenvalue weighted by molar-refractivity contribution is -0.148. The van der Waals surface area contributed by atoms with Crippen LogP contribution in [-0.4, -0.2) is 36.0 Å². The lowest BCUT2D eigenvalue weighted by atomic mass is 9.81. The molecule has 2 amide bonds. The summed E-state index contributed by atoms with van der Waals surface area (Å²) in [7, 11) is 0. The fourth-order valence-corrected chi connectivity index (χ4v) is 3.62. The quantitative estimate of drug-likeness (QED) is 0.474. The highest BCUT2D eigenvalue weighted by Crippen LogP contribution is 2.38. The van der Waals surface area contributed by atoms with Crippen molar-refractivity contribution in [2.75, 3.05) is 13.3 Å². The van der Waals surface area contributed by atoms with Crippen LogP contribution in [0.15, 0.2) is 18.2 Å². The predicted molar refractivity (Wildman–Crippen MR) is 80.4 cm³/mol. The highest BCUT2D eigenvalue weighted by atomic mass is 16.7. The molecule has 3 aliphatic rings. The predicted octanol–water partition coefficient (Wildman–Crippen LogP) is 1.50. The fourth-order valence-electron chi connectivity index (χ4n) is 3.62. The number of esters is 1. The molecule has 2 heterocycles. The largest absolute Gasteiger partial charge is 0.454 e. The van der Waals surface area contributed by atoms with Crippen LogP contribution in [0.1, 0.15) is 25.7 Å². The number of rotatable bonds is 3. The van der Waals surface area contributed by atoms with E-state index in [1.165, 1.54) is 0 Å². The number of imide groups is 1. The average Bonchev–Trinajstić information content (AvgIpc) is 3.14. The van der Waals surface area contributed by atoms with Crippen LogP contribution in [0.25, 0.3) is 0 Å². The van der Waals surface area contributed by atoms with Crippen molar-refractivity contribution >= 4 is 17.8 Å². The van der Waals surface area contributed by atoms with E-state index < -0.39 is 5.97 Å². The van der Waals surface area contributed by atoms with Gasteiger partial charge in [0.15, 0.2) is 11.5 Å². The summed E-state index contributed by atoms with van der Waals surface area (Å²) in [6.45, 7) is -0.217. The van der Waals surface area contributed by atoms with Crippen LogP contribution < -0.4 is 14.2 Å². The summed E-state index contributed by atoms with van der Waals surface area (Å²) in [4.78, 5) is 37.9. The number of carbonyl (C=O) groups excluding carboxylic acids is 3. The van der Waals surface area contributed by atoms with Crippen molar-refractivity contribution in [2.24, 2.45) is 11.8 Å². The van der Waals surface area contributed by atoms with Gasteiger partial charge in [-0.3, -0.25) is 14.5 Å². The van der Waals surface area contributed by atoms with Crippen LogP contribution in [-0.2, 0) is 14.4 Å². The monoisotopic (exact) mass is 331 g/mol. The fraction of sp³-hybridized carbons (Fsp3) is 0.471. The molecule has 24 heavy (non-hydrogen) atoms. The Balaban J connectivity index is 1.42. The normalized spacial score (nSPS) is 24.9. The molecular weight excluding hydrogens is 314 g/mol. The second-order valence-electron chi connectivity index (χ2n) is 6.25. The Kier molecular flexibility index (Phi) is 3.63. The summed E-state index contributed by atoms with van der Waals surface area (Å²) < 4.78 is 15.6. The molecule has 2 atom stereocenters. The minimum atomic E-state index is -0.644. The molecule has 0 spiro atoms. The van der Waals surface area contributed by atoms with Crippen molar-refractivity contribution in [2.45, 2.75) is 25.7 Å². The van der Waals surface area contributed by atoms with Gasteiger partial charge in [-0.1, -0.05) is 12.8 Å². The molecule has 0 N–H and O–H groups in total. The average molecular weight is 331 g/mol. The van der Waals surface area contributed by atoms with E-state index in [4.69, 9.17) is 14.2 Å². The van der Waals surface area contributed by atoms with Gasteiger partial charge < -0.3 is 14.2 Å². The number of benzene rings is 1. The van der Waals surface area contributed by atoms with E-state index in [1.807, 2.05) is 0 Å². The second-order valence-corrected chi connectivity index (χ2v) is 6.25. The summed E-state index contributed by atoms with van der Waals surface area (Å²) in [5.74, 6) is -0.271. The molecule has 7 heteroatoms. The Bertz CT molecular complexity index is 691. The first kappa shape index (κ1) is 15.0. The minimum absolute atomic E-state index is 0.131. The van der Waals surface area contributed by atoms with Gasteiger partial charge in [-0.25, -0.2) is 4.79 Å². The van der Waals surface area contributed by atoms with E-state index in [0.717, 1.165) is 30.6 Å². The summed E-state index contributed by atoms with van der Waals surface area (Å²) in [5, 5.41) is 0. The van der Waals surface area contributed by atoms with E-state index in [0.29, 0.717) is 17.2 Å². The van der Waals surface area contributed by atoms with Crippen LogP contribution in [0, 0.1) is 11.8 Å². The lowest BCUT2D eigenvalue weighted by Gasteiger charge is -2.19. The molecule has 1 aromatic carbocycles. The Morgan fingerprint density at radius 3 is 2.46 bits per heavy atom. The van der Waals surface area contributed by atoms with E-state index in [-0.39, 0.29) is 37.0 Å². The summed E-state index contributed by atoms with van der Waals surface area (Å²) in [6, 6.07) is 4.78. The summed E-state index contributed by atoms with van der Waals surface area (Å²) in [5.41, 5.74) is 0. The van der Waals surface area contributed by atoms with Gasteiger partial charge in [0.25, 0.3) is 0 Å². The number of hydrogen-bond acceptors (Lipinski definition) is 6. The third-order valence-corrected chi connectivity index (χ3v) is 4.80. The van der Waals surface area contributed by atoms with E-state index in [9.17, 15) is 14.4 Å². The van der Waals surface area contributed by atoms with Crippen LogP contribution >= 0.6 is 0 Å². The number of ether oxygens (including phenoxy) is 3. The molecule has 2 fully saturated rings. The molecule has 126 valence electrons. The number of amides is 2. The first-order chi connectivity index (χ1) is 11.6. The van der Waals surface area contributed by atoms with Crippen LogP contribution in [0.4, 0.5) is 0 Å². The third kappa shape index (κ3) is 2.50. The molecule has 1 aromatic rings. The summed E-state index contributed by atoms with van der Waals surface area (Å²) >= 11 is 0. The molecule has 7 nitrogen and oxygen atoms in total. The second kappa shape index (κ2) is 5.81. The maximum atomic E-state index is 12.4. The van der Waals surface area contributed by atoms with Gasteiger partial charge in [-0.2, -0.15) is 0 Å². The maximum absolute atomic E-state index is 12.4. The molecule has 0 unspecified atom stereocenters. The van der Waals surface area contributed by atoms with E-state index in [2.05, 4.69) is 0 Å². The zero-order chi connectivity index (χ0) is 16.7. The van der Waals surface area contributed by atoms with E-state index in [1.54, 1.807) is 18.2 Å². The zero-order valence-corrected chi connectivity index (χ0v) is 13.0. The van der Waals surface area contributed by atoms with Crippen molar-refractivity contribution < 1.29 is 28.6 Å². The van der Waals surface area contributed by atoms with Gasteiger partial charge in [0.1, 0.15) is 12.3 Å². The smallest absolute Gasteiger partial charge is 0.331 e.